The summed E-state index contributed by atoms with van der Waals surface area (Å²) < 4.78 is 0. The third-order valence-corrected chi connectivity index (χ3v) is 4.19. The van der Waals surface area contributed by atoms with E-state index in [4.69, 9.17) is 0 Å². The van der Waals surface area contributed by atoms with E-state index < -0.39 is 0 Å². The van der Waals surface area contributed by atoms with E-state index >= 15 is 0 Å². The van der Waals surface area contributed by atoms with E-state index in [-0.39, 0.29) is 6.10 Å². The van der Waals surface area contributed by atoms with Gasteiger partial charge in [0.2, 0.25) is 0 Å². The molecule has 1 heteroatoms. The fraction of sp³-hybridized carbons (Fsp3) is 0.625. The maximum absolute atomic E-state index is 10.1. The van der Waals surface area contributed by atoms with Crippen molar-refractivity contribution < 1.29 is 5.11 Å². The van der Waals surface area contributed by atoms with Gasteiger partial charge in [-0.1, -0.05) is 37.5 Å². The van der Waals surface area contributed by atoms with Crippen molar-refractivity contribution in [3.8, 4) is 0 Å². The first-order valence-electron chi connectivity index (χ1n) is 6.91. The van der Waals surface area contributed by atoms with Crippen LogP contribution in [0.25, 0.3) is 0 Å². The lowest BCUT2D eigenvalue weighted by Crippen LogP contribution is -2.21. The van der Waals surface area contributed by atoms with Crippen LogP contribution in [0.4, 0.5) is 0 Å². The first-order valence-corrected chi connectivity index (χ1v) is 6.91. The Morgan fingerprint density at radius 2 is 1.82 bits per heavy atom. The number of aliphatic hydroxyl groups is 1. The van der Waals surface area contributed by atoms with Gasteiger partial charge in [0, 0.05) is 0 Å². The Labute approximate surface area is 105 Å². The second-order valence-electron chi connectivity index (χ2n) is 5.59. The molecule has 2 atom stereocenters. The molecule has 1 nitrogen and oxygen atoms in total. The van der Waals surface area contributed by atoms with E-state index in [2.05, 4.69) is 32.0 Å². The SMILES string of the molecule is Cc1ccc(CC2CCCCCC2O)cc1C. The predicted octanol–water partition coefficient (Wildman–Crippen LogP) is 3.79. The van der Waals surface area contributed by atoms with E-state index in [0.717, 1.165) is 12.8 Å². The van der Waals surface area contributed by atoms with Crippen LogP contribution in [0.5, 0.6) is 0 Å². The lowest BCUT2D eigenvalue weighted by atomic mass is 9.89. The van der Waals surface area contributed by atoms with Crippen LogP contribution in [0.1, 0.15) is 48.8 Å². The van der Waals surface area contributed by atoms with Gasteiger partial charge in [-0.3, -0.25) is 0 Å². The largest absolute Gasteiger partial charge is 0.393 e. The van der Waals surface area contributed by atoms with Crippen LogP contribution in [-0.2, 0) is 6.42 Å². The molecule has 1 saturated carbocycles. The van der Waals surface area contributed by atoms with Crippen molar-refractivity contribution in [2.24, 2.45) is 5.92 Å². The van der Waals surface area contributed by atoms with E-state index in [0.29, 0.717) is 5.92 Å². The van der Waals surface area contributed by atoms with Gasteiger partial charge in [0.1, 0.15) is 0 Å². The molecule has 1 N–H and O–H groups in total. The van der Waals surface area contributed by atoms with Crippen LogP contribution in [0.3, 0.4) is 0 Å². The summed E-state index contributed by atoms with van der Waals surface area (Å²) >= 11 is 0. The Morgan fingerprint density at radius 3 is 2.59 bits per heavy atom. The topological polar surface area (TPSA) is 20.2 Å². The Bertz CT molecular complexity index is 370. The first-order chi connectivity index (χ1) is 8.16. The summed E-state index contributed by atoms with van der Waals surface area (Å²) in [6.45, 7) is 4.32. The van der Waals surface area contributed by atoms with E-state index in [1.54, 1.807) is 0 Å². The Kier molecular flexibility index (Phi) is 4.22. The average molecular weight is 232 g/mol. The molecule has 1 aromatic carbocycles. The molecule has 2 rings (SSSR count). The third-order valence-electron chi connectivity index (χ3n) is 4.19. The summed E-state index contributed by atoms with van der Waals surface area (Å²) in [5.74, 6) is 0.472. The number of aliphatic hydroxyl groups excluding tert-OH is 1. The molecule has 1 aromatic rings. The number of aryl methyl sites for hydroxylation is 2. The lowest BCUT2D eigenvalue weighted by Gasteiger charge is -2.20. The number of hydrogen-bond acceptors (Lipinski definition) is 1. The minimum Gasteiger partial charge on any atom is -0.393 e. The van der Waals surface area contributed by atoms with Crippen LogP contribution in [0, 0.1) is 19.8 Å². The molecule has 0 bridgehead atoms. The second kappa shape index (κ2) is 5.68. The van der Waals surface area contributed by atoms with Crippen molar-refractivity contribution in [1.82, 2.24) is 0 Å². The van der Waals surface area contributed by atoms with Crippen LogP contribution >= 0.6 is 0 Å². The zero-order chi connectivity index (χ0) is 12.3. The average Bonchev–Trinajstić information content (AvgIpc) is 2.50. The molecule has 0 spiro atoms. The molecule has 0 amide bonds. The van der Waals surface area contributed by atoms with Gasteiger partial charge in [0.25, 0.3) is 0 Å². The maximum atomic E-state index is 10.1. The minimum absolute atomic E-state index is 0.0842. The fourth-order valence-corrected chi connectivity index (χ4v) is 2.84. The molecule has 94 valence electrons. The zero-order valence-electron chi connectivity index (χ0n) is 11.1. The molecule has 0 saturated heterocycles. The van der Waals surface area contributed by atoms with Crippen molar-refractivity contribution in [2.75, 3.05) is 0 Å². The lowest BCUT2D eigenvalue weighted by molar-refractivity contribution is 0.101. The quantitative estimate of drug-likeness (QED) is 0.769. The molecular weight excluding hydrogens is 208 g/mol. The van der Waals surface area contributed by atoms with Crippen molar-refractivity contribution in [3.05, 3.63) is 34.9 Å². The van der Waals surface area contributed by atoms with E-state index in [1.807, 2.05) is 0 Å². The maximum Gasteiger partial charge on any atom is 0.0571 e. The fourth-order valence-electron chi connectivity index (χ4n) is 2.84. The Hall–Kier alpha value is -0.820. The molecule has 2 unspecified atom stereocenters. The van der Waals surface area contributed by atoms with Gasteiger partial charge in [-0.05, 0) is 55.7 Å². The van der Waals surface area contributed by atoms with Crippen molar-refractivity contribution in [3.63, 3.8) is 0 Å². The van der Waals surface area contributed by atoms with Gasteiger partial charge >= 0.3 is 0 Å². The van der Waals surface area contributed by atoms with Crippen molar-refractivity contribution in [2.45, 2.75) is 58.5 Å². The van der Waals surface area contributed by atoms with Gasteiger partial charge in [0.05, 0.1) is 6.10 Å². The van der Waals surface area contributed by atoms with Crippen molar-refractivity contribution >= 4 is 0 Å². The highest BCUT2D eigenvalue weighted by atomic mass is 16.3. The van der Waals surface area contributed by atoms with Crippen LogP contribution < -0.4 is 0 Å². The molecular formula is C16H24O. The molecule has 1 fully saturated rings. The number of benzene rings is 1. The predicted molar refractivity (Wildman–Crippen MR) is 72.2 cm³/mol. The summed E-state index contributed by atoms with van der Waals surface area (Å²) in [5.41, 5.74) is 4.11. The Balaban J connectivity index is 2.05. The van der Waals surface area contributed by atoms with Gasteiger partial charge in [-0.25, -0.2) is 0 Å². The monoisotopic (exact) mass is 232 g/mol. The first kappa shape index (κ1) is 12.6. The van der Waals surface area contributed by atoms with Crippen LogP contribution in [-0.4, -0.2) is 11.2 Å². The molecule has 0 aromatic heterocycles. The minimum atomic E-state index is -0.0842. The summed E-state index contributed by atoms with van der Waals surface area (Å²) in [7, 11) is 0. The van der Waals surface area contributed by atoms with Crippen LogP contribution in [0.15, 0.2) is 18.2 Å². The summed E-state index contributed by atoms with van der Waals surface area (Å²) in [5, 5.41) is 10.1. The highest BCUT2D eigenvalue weighted by Crippen LogP contribution is 2.27. The normalized spacial score (nSPS) is 25.6. The summed E-state index contributed by atoms with van der Waals surface area (Å²) in [6, 6.07) is 6.71. The van der Waals surface area contributed by atoms with Gasteiger partial charge in [-0.15, -0.1) is 0 Å². The van der Waals surface area contributed by atoms with Crippen molar-refractivity contribution in [1.29, 1.82) is 0 Å². The highest BCUT2D eigenvalue weighted by Gasteiger charge is 2.21. The summed E-state index contributed by atoms with van der Waals surface area (Å²) in [6.07, 6.45) is 6.92. The standard InChI is InChI=1S/C16H24O/c1-12-8-9-14(10-13(12)2)11-15-6-4-3-5-7-16(15)17/h8-10,15-17H,3-7,11H2,1-2H3. The van der Waals surface area contributed by atoms with Gasteiger partial charge < -0.3 is 5.11 Å². The zero-order valence-corrected chi connectivity index (χ0v) is 11.1. The van der Waals surface area contributed by atoms with E-state index in [9.17, 15) is 5.11 Å². The van der Waals surface area contributed by atoms with E-state index in [1.165, 1.54) is 42.4 Å². The molecule has 1 aliphatic carbocycles. The second-order valence-corrected chi connectivity index (χ2v) is 5.59. The van der Waals surface area contributed by atoms with Gasteiger partial charge in [-0.2, -0.15) is 0 Å². The highest BCUT2D eigenvalue weighted by molar-refractivity contribution is 5.30. The smallest absolute Gasteiger partial charge is 0.0571 e. The molecule has 1 aliphatic rings. The molecule has 0 radical (unpaired) electrons. The molecule has 0 aliphatic heterocycles. The molecule has 0 heterocycles. The van der Waals surface area contributed by atoms with Gasteiger partial charge in [0.15, 0.2) is 0 Å². The molecule has 17 heavy (non-hydrogen) atoms. The number of hydrogen-bond donors (Lipinski definition) is 1. The third kappa shape index (κ3) is 3.32. The summed E-state index contributed by atoms with van der Waals surface area (Å²) in [4.78, 5) is 0. The Morgan fingerprint density at radius 1 is 1.06 bits per heavy atom. The number of rotatable bonds is 2. The van der Waals surface area contributed by atoms with Crippen LogP contribution in [0.2, 0.25) is 0 Å².